The number of para-hydroxylation sites is 1. The molecule has 2 aromatic heterocycles. The molecule has 0 spiro atoms. The van der Waals surface area contributed by atoms with Gasteiger partial charge in [0.1, 0.15) is 11.5 Å². The molecule has 1 saturated carbocycles. The van der Waals surface area contributed by atoms with E-state index < -0.39 is 24.0 Å². The standard InChI is InChI=1S/C42H60N12O4/c1-58-41(57)38(30-12-4-2-5-13-30)49-40(56)35(43)18-19-37(55)53-26-20-32(21-27-53)47-39-34-16-8-9-17-36(34)48-42(50-39)46-28-33-29-54(52-51-33)25-11-23-44-22-10-24-45-31-14-6-3-7-15-31/h2,4-5,8-9,12-13,16-17,29,31-32,35,38,44-45H,3,6-7,10-11,14-15,18-28,43H2,1H3,(H,49,56)(H2,46,47,48,50)/t35-,38-/m0/s1. The van der Waals surface area contributed by atoms with Crippen LogP contribution in [0.3, 0.4) is 0 Å². The molecule has 58 heavy (non-hydrogen) atoms. The molecule has 1 aliphatic carbocycles. The normalized spacial score (nSPS) is 16.1. The van der Waals surface area contributed by atoms with Crippen LogP contribution in [0.4, 0.5) is 11.8 Å². The number of ether oxygens (including phenoxy) is 1. The van der Waals surface area contributed by atoms with Gasteiger partial charge in [0.2, 0.25) is 17.8 Å². The fourth-order valence-corrected chi connectivity index (χ4v) is 7.61. The van der Waals surface area contributed by atoms with Crippen molar-refractivity contribution in [1.29, 1.82) is 0 Å². The van der Waals surface area contributed by atoms with Gasteiger partial charge in [-0.25, -0.2) is 9.78 Å². The number of carbonyl (C=O) groups excluding carboxylic acids is 3. The van der Waals surface area contributed by atoms with Crippen LogP contribution in [0.1, 0.15) is 87.9 Å². The summed E-state index contributed by atoms with van der Waals surface area (Å²) >= 11 is 0. The van der Waals surface area contributed by atoms with Gasteiger partial charge in [0.25, 0.3) is 0 Å². The highest BCUT2D eigenvalue weighted by molar-refractivity contribution is 5.90. The quantitative estimate of drug-likeness (QED) is 0.0527. The lowest BCUT2D eigenvalue weighted by Crippen LogP contribution is -2.46. The lowest BCUT2D eigenvalue weighted by atomic mass is 9.95. The summed E-state index contributed by atoms with van der Waals surface area (Å²) in [7, 11) is 1.26. The molecule has 0 bridgehead atoms. The zero-order chi connectivity index (χ0) is 40.5. The Labute approximate surface area is 340 Å². The molecule has 0 radical (unpaired) electrons. The number of nitrogens with zero attached hydrogens (tertiary/aromatic N) is 6. The number of carbonyl (C=O) groups is 3. The largest absolute Gasteiger partial charge is 0.467 e. The summed E-state index contributed by atoms with van der Waals surface area (Å²) in [5.74, 6) is 0.0494. The van der Waals surface area contributed by atoms with Crippen LogP contribution in [0.5, 0.6) is 0 Å². The SMILES string of the molecule is COC(=O)[C@@H](NC(=O)[C@@H](N)CCC(=O)N1CCC(Nc2nc(NCc3cn(CCCNCCCNC4CCCCC4)nn3)nc3ccccc23)CC1)c1ccccc1. The van der Waals surface area contributed by atoms with Gasteiger partial charge in [-0.05, 0) is 82.3 Å². The van der Waals surface area contributed by atoms with Crippen molar-refractivity contribution in [3.63, 3.8) is 0 Å². The molecule has 2 aromatic carbocycles. The first-order valence-electron chi connectivity index (χ1n) is 20.9. The molecule has 16 heteroatoms. The molecule has 2 amide bonds. The van der Waals surface area contributed by atoms with Gasteiger partial charge in [-0.3, -0.25) is 14.3 Å². The van der Waals surface area contributed by atoms with E-state index >= 15 is 0 Å². The fraction of sp³-hybridized carbons (Fsp3) is 0.548. The van der Waals surface area contributed by atoms with Crippen molar-refractivity contribution in [2.75, 3.05) is 50.5 Å². The first-order chi connectivity index (χ1) is 28.4. The van der Waals surface area contributed by atoms with E-state index in [0.29, 0.717) is 31.1 Å². The monoisotopic (exact) mass is 796 g/mol. The molecular weight excluding hydrogens is 737 g/mol. The van der Waals surface area contributed by atoms with E-state index in [1.807, 2.05) is 46.1 Å². The molecule has 4 aromatic rings. The first kappa shape index (κ1) is 42.4. The molecule has 2 fully saturated rings. The molecule has 312 valence electrons. The van der Waals surface area contributed by atoms with Gasteiger partial charge >= 0.3 is 5.97 Å². The Morgan fingerprint density at radius 1 is 0.897 bits per heavy atom. The maximum atomic E-state index is 13.2. The van der Waals surface area contributed by atoms with Gasteiger partial charge in [0, 0.05) is 43.5 Å². The van der Waals surface area contributed by atoms with Crippen LogP contribution < -0.4 is 32.3 Å². The van der Waals surface area contributed by atoms with Gasteiger partial charge < -0.3 is 42.0 Å². The summed E-state index contributed by atoms with van der Waals surface area (Å²) in [6, 6.07) is 15.6. The Balaban J connectivity index is 0.911. The summed E-state index contributed by atoms with van der Waals surface area (Å²) in [5.41, 5.74) is 8.38. The van der Waals surface area contributed by atoms with E-state index in [1.54, 1.807) is 24.3 Å². The number of piperidine rings is 1. The van der Waals surface area contributed by atoms with E-state index in [2.05, 4.69) is 36.9 Å². The van der Waals surface area contributed by atoms with E-state index in [1.165, 1.54) is 39.2 Å². The van der Waals surface area contributed by atoms with Crippen LogP contribution in [-0.2, 0) is 32.2 Å². The molecule has 1 saturated heterocycles. The zero-order valence-electron chi connectivity index (χ0n) is 33.7. The van der Waals surface area contributed by atoms with Gasteiger partial charge in [-0.2, -0.15) is 4.98 Å². The Kier molecular flexibility index (Phi) is 16.2. The number of aryl methyl sites for hydroxylation is 1. The zero-order valence-corrected chi connectivity index (χ0v) is 33.7. The number of anilines is 2. The number of nitrogens with one attached hydrogen (secondary N) is 5. The van der Waals surface area contributed by atoms with Crippen molar-refractivity contribution in [3.05, 3.63) is 72.1 Å². The third-order valence-electron chi connectivity index (χ3n) is 11.0. The third kappa shape index (κ3) is 12.7. The Morgan fingerprint density at radius 2 is 1.66 bits per heavy atom. The van der Waals surface area contributed by atoms with Crippen LogP contribution in [0.25, 0.3) is 10.9 Å². The summed E-state index contributed by atoms with van der Waals surface area (Å²) in [6.45, 7) is 5.41. The predicted molar refractivity (Wildman–Crippen MR) is 224 cm³/mol. The summed E-state index contributed by atoms with van der Waals surface area (Å²) in [5, 5.41) is 26.5. The van der Waals surface area contributed by atoms with Crippen molar-refractivity contribution >= 4 is 40.5 Å². The topological polar surface area (TPSA) is 206 Å². The van der Waals surface area contributed by atoms with Gasteiger partial charge in [0.05, 0.1) is 31.4 Å². The number of aromatic nitrogens is 5. The number of hydrogen-bond acceptors (Lipinski definition) is 13. The molecule has 2 aliphatic rings. The molecular formula is C42H60N12O4. The highest BCUT2D eigenvalue weighted by Crippen LogP contribution is 2.25. The minimum atomic E-state index is -0.982. The van der Waals surface area contributed by atoms with E-state index in [9.17, 15) is 14.4 Å². The lowest BCUT2D eigenvalue weighted by Gasteiger charge is -2.33. The van der Waals surface area contributed by atoms with Crippen molar-refractivity contribution in [1.82, 2.24) is 45.8 Å². The fourth-order valence-electron chi connectivity index (χ4n) is 7.61. The van der Waals surface area contributed by atoms with Crippen LogP contribution in [0, 0.1) is 0 Å². The number of rotatable bonds is 21. The van der Waals surface area contributed by atoms with Crippen LogP contribution in [-0.4, -0.2) is 106 Å². The third-order valence-corrected chi connectivity index (χ3v) is 11.0. The van der Waals surface area contributed by atoms with E-state index in [4.69, 9.17) is 20.4 Å². The Morgan fingerprint density at radius 3 is 2.45 bits per heavy atom. The molecule has 1 aliphatic heterocycles. The second kappa shape index (κ2) is 22.1. The lowest BCUT2D eigenvalue weighted by molar-refractivity contribution is -0.145. The number of nitrogens with two attached hydrogens (primary N) is 1. The maximum Gasteiger partial charge on any atom is 0.333 e. The highest BCUT2D eigenvalue weighted by Gasteiger charge is 2.28. The number of esters is 1. The number of benzene rings is 2. The molecule has 0 unspecified atom stereocenters. The van der Waals surface area contributed by atoms with E-state index in [0.717, 1.165) is 80.3 Å². The van der Waals surface area contributed by atoms with Gasteiger partial charge in [-0.1, -0.05) is 66.9 Å². The number of amides is 2. The van der Waals surface area contributed by atoms with Crippen LogP contribution in [0.15, 0.2) is 60.8 Å². The number of methoxy groups -OCH3 is 1. The Bertz CT molecular complexity index is 1900. The molecule has 6 rings (SSSR count). The predicted octanol–water partition coefficient (Wildman–Crippen LogP) is 3.67. The highest BCUT2D eigenvalue weighted by atomic mass is 16.5. The van der Waals surface area contributed by atoms with Gasteiger partial charge in [0.15, 0.2) is 6.04 Å². The summed E-state index contributed by atoms with van der Waals surface area (Å²) in [6.07, 6.45) is 12.6. The first-order valence-corrected chi connectivity index (χ1v) is 20.9. The average Bonchev–Trinajstić information content (AvgIpc) is 3.73. The van der Waals surface area contributed by atoms with Crippen LogP contribution in [0.2, 0.25) is 0 Å². The van der Waals surface area contributed by atoms with Crippen molar-refractivity contribution in [2.45, 2.75) is 108 Å². The summed E-state index contributed by atoms with van der Waals surface area (Å²) < 4.78 is 6.76. The van der Waals surface area contributed by atoms with E-state index in [-0.39, 0.29) is 24.8 Å². The van der Waals surface area contributed by atoms with Crippen molar-refractivity contribution in [3.8, 4) is 0 Å². The second-order valence-electron chi connectivity index (χ2n) is 15.3. The number of likely N-dealkylation sites (tertiary alicyclic amines) is 1. The van der Waals surface area contributed by atoms with Gasteiger partial charge in [-0.15, -0.1) is 5.10 Å². The molecule has 7 N–H and O–H groups in total. The molecule has 16 nitrogen and oxygen atoms in total. The van der Waals surface area contributed by atoms with Crippen molar-refractivity contribution < 1.29 is 19.1 Å². The van der Waals surface area contributed by atoms with Crippen LogP contribution >= 0.6 is 0 Å². The maximum absolute atomic E-state index is 13.2. The smallest absolute Gasteiger partial charge is 0.333 e. The molecule has 3 heterocycles. The summed E-state index contributed by atoms with van der Waals surface area (Å²) in [4.78, 5) is 49.8. The average molecular weight is 797 g/mol. The van der Waals surface area contributed by atoms with Crippen molar-refractivity contribution in [2.24, 2.45) is 5.73 Å². The second-order valence-corrected chi connectivity index (χ2v) is 15.3. The number of hydrogen-bond donors (Lipinski definition) is 6. The molecule has 2 atom stereocenters. The Hall–Kier alpha value is -5.19. The minimum absolute atomic E-state index is 0.0603. The number of fused-ring (bicyclic) bond motifs is 1. The minimum Gasteiger partial charge on any atom is -0.467 e.